The maximum Gasteiger partial charge on any atom is 0.308 e. The van der Waals surface area contributed by atoms with Crippen LogP contribution in [0.5, 0.6) is 0 Å². The second kappa shape index (κ2) is 9.34. The zero-order valence-electron chi connectivity index (χ0n) is 14.7. The second-order valence-corrected chi connectivity index (χ2v) is 7.42. The molecule has 1 saturated carbocycles. The third-order valence-electron chi connectivity index (χ3n) is 4.30. The summed E-state index contributed by atoms with van der Waals surface area (Å²) in [6, 6.07) is 5.37. The number of nitrogens with one attached hydrogen (secondary N) is 2. The highest BCUT2D eigenvalue weighted by Crippen LogP contribution is 2.27. The van der Waals surface area contributed by atoms with Crippen LogP contribution in [0.4, 0.5) is 0 Å². The lowest BCUT2D eigenvalue weighted by atomic mass is 9.83. The maximum atomic E-state index is 12.1. The van der Waals surface area contributed by atoms with Gasteiger partial charge in [0.2, 0.25) is 5.91 Å². The van der Waals surface area contributed by atoms with Crippen LogP contribution in [0.2, 0.25) is 0 Å². The van der Waals surface area contributed by atoms with Crippen LogP contribution in [0.3, 0.4) is 0 Å². The van der Waals surface area contributed by atoms with Crippen LogP contribution in [0.15, 0.2) is 17.5 Å². The van der Waals surface area contributed by atoms with Crippen molar-refractivity contribution < 1.29 is 19.1 Å². The van der Waals surface area contributed by atoms with Crippen molar-refractivity contribution in [1.29, 1.82) is 5.26 Å². The fraction of sp³-hybridized carbons (Fsp3) is 0.556. The largest absolute Gasteiger partial charge is 0.456 e. The van der Waals surface area contributed by atoms with E-state index in [1.807, 2.05) is 17.5 Å². The molecule has 2 rings (SSSR count). The van der Waals surface area contributed by atoms with Crippen LogP contribution in [0.25, 0.3) is 0 Å². The number of carbonyl (C=O) groups excluding carboxylic acids is 3. The van der Waals surface area contributed by atoms with Crippen molar-refractivity contribution in [2.75, 3.05) is 6.61 Å². The molecule has 1 aromatic rings. The minimum absolute atomic E-state index is 0.0588. The molecule has 26 heavy (non-hydrogen) atoms. The summed E-state index contributed by atoms with van der Waals surface area (Å²) in [4.78, 5) is 36.3. The molecule has 0 radical (unpaired) electrons. The Morgan fingerprint density at radius 2 is 2.08 bits per heavy atom. The number of carbonyl (C=O) groups is 3. The molecular weight excluding hydrogens is 354 g/mol. The first-order valence-corrected chi connectivity index (χ1v) is 9.50. The van der Waals surface area contributed by atoms with E-state index in [0.29, 0.717) is 12.8 Å². The molecule has 140 valence electrons. The van der Waals surface area contributed by atoms with Crippen LogP contribution in [0, 0.1) is 11.3 Å². The molecule has 0 bridgehead atoms. The average molecular weight is 377 g/mol. The van der Waals surface area contributed by atoms with Crippen LogP contribution < -0.4 is 10.6 Å². The lowest BCUT2D eigenvalue weighted by Gasteiger charge is -2.31. The van der Waals surface area contributed by atoms with E-state index >= 15 is 0 Å². The molecule has 1 unspecified atom stereocenters. The molecule has 0 spiro atoms. The van der Waals surface area contributed by atoms with Gasteiger partial charge in [-0.15, -0.1) is 11.3 Å². The number of nitriles is 1. The number of thiophene rings is 1. The first-order chi connectivity index (χ1) is 12.4. The molecule has 2 N–H and O–H groups in total. The number of nitrogens with zero attached hydrogens (tertiary/aromatic N) is 1. The predicted molar refractivity (Wildman–Crippen MR) is 96.0 cm³/mol. The van der Waals surface area contributed by atoms with Crippen molar-refractivity contribution in [3.8, 4) is 6.07 Å². The van der Waals surface area contributed by atoms with Gasteiger partial charge in [-0.2, -0.15) is 5.26 Å². The smallest absolute Gasteiger partial charge is 0.308 e. The van der Waals surface area contributed by atoms with Gasteiger partial charge in [0.15, 0.2) is 6.61 Å². The molecule has 0 aromatic carbocycles. The average Bonchev–Trinajstić information content (AvgIpc) is 3.14. The van der Waals surface area contributed by atoms with Gasteiger partial charge in [0.25, 0.3) is 5.91 Å². The van der Waals surface area contributed by atoms with Gasteiger partial charge in [0.05, 0.1) is 18.5 Å². The van der Waals surface area contributed by atoms with Crippen molar-refractivity contribution in [2.45, 2.75) is 57.0 Å². The minimum Gasteiger partial charge on any atom is -0.456 e. The number of ether oxygens (including phenoxy) is 1. The molecule has 8 heteroatoms. The van der Waals surface area contributed by atoms with Gasteiger partial charge >= 0.3 is 5.97 Å². The topological polar surface area (TPSA) is 108 Å². The standard InChI is InChI=1S/C18H23N3O4S/c1-13(22)20-14(15-6-5-9-26-15)10-17(24)25-11-16(23)21-18(12-19)7-3-2-4-8-18/h5-6,9,14H,2-4,7-8,10-11H2,1H3,(H,20,22)(H,21,23). The fourth-order valence-electron chi connectivity index (χ4n) is 3.05. The van der Waals surface area contributed by atoms with E-state index in [1.54, 1.807) is 0 Å². The minimum atomic E-state index is -0.850. The Bertz CT molecular complexity index is 675. The number of esters is 1. The molecular formula is C18H23N3O4S. The Balaban J connectivity index is 1.84. The highest BCUT2D eigenvalue weighted by molar-refractivity contribution is 7.10. The summed E-state index contributed by atoms with van der Waals surface area (Å²) in [7, 11) is 0. The summed E-state index contributed by atoms with van der Waals surface area (Å²) in [5.74, 6) is -1.31. The molecule has 1 aliphatic rings. The summed E-state index contributed by atoms with van der Waals surface area (Å²) in [6.45, 7) is 0.949. The van der Waals surface area contributed by atoms with Gasteiger partial charge in [-0.3, -0.25) is 14.4 Å². The Kier molecular flexibility index (Phi) is 7.16. The zero-order chi connectivity index (χ0) is 19.0. The molecule has 1 atom stereocenters. The molecule has 7 nitrogen and oxygen atoms in total. The summed E-state index contributed by atoms with van der Waals surface area (Å²) in [5, 5.41) is 16.6. The molecule has 1 aliphatic carbocycles. The normalized spacial score (nSPS) is 16.8. The number of amides is 2. The Morgan fingerprint density at radius 1 is 1.35 bits per heavy atom. The van der Waals surface area contributed by atoms with Crippen molar-refractivity contribution in [3.63, 3.8) is 0 Å². The molecule has 2 amide bonds. The third kappa shape index (κ3) is 5.85. The molecule has 0 saturated heterocycles. The van der Waals surface area contributed by atoms with E-state index in [9.17, 15) is 19.6 Å². The summed E-state index contributed by atoms with van der Waals surface area (Å²) in [5.41, 5.74) is -0.850. The first-order valence-electron chi connectivity index (χ1n) is 8.62. The zero-order valence-corrected chi connectivity index (χ0v) is 15.6. The number of hydrogen-bond acceptors (Lipinski definition) is 6. The van der Waals surface area contributed by atoms with Gasteiger partial charge < -0.3 is 15.4 Å². The van der Waals surface area contributed by atoms with Crippen molar-refractivity contribution >= 4 is 29.1 Å². The van der Waals surface area contributed by atoms with Crippen molar-refractivity contribution in [1.82, 2.24) is 10.6 Å². The number of hydrogen-bond donors (Lipinski definition) is 2. The summed E-state index contributed by atoms with van der Waals surface area (Å²) < 4.78 is 5.04. The summed E-state index contributed by atoms with van der Waals surface area (Å²) >= 11 is 1.43. The molecule has 1 heterocycles. The van der Waals surface area contributed by atoms with E-state index < -0.39 is 30.1 Å². The lowest BCUT2D eigenvalue weighted by Crippen LogP contribution is -2.50. The van der Waals surface area contributed by atoms with Crippen molar-refractivity contribution in [3.05, 3.63) is 22.4 Å². The Hall–Kier alpha value is -2.40. The molecule has 0 aliphatic heterocycles. The van der Waals surface area contributed by atoms with Crippen LogP contribution in [0.1, 0.15) is 56.4 Å². The maximum absolute atomic E-state index is 12.1. The van der Waals surface area contributed by atoms with Gasteiger partial charge in [-0.1, -0.05) is 25.3 Å². The Morgan fingerprint density at radius 3 is 2.65 bits per heavy atom. The first kappa shape index (κ1) is 19.9. The third-order valence-corrected chi connectivity index (χ3v) is 5.28. The molecule has 1 aromatic heterocycles. The van der Waals surface area contributed by atoms with Gasteiger partial charge in [0.1, 0.15) is 5.54 Å². The predicted octanol–water partition coefficient (Wildman–Crippen LogP) is 2.20. The van der Waals surface area contributed by atoms with Gasteiger partial charge in [-0.05, 0) is 24.3 Å². The quantitative estimate of drug-likeness (QED) is 0.708. The monoisotopic (exact) mass is 377 g/mol. The van der Waals surface area contributed by atoms with Gasteiger partial charge in [-0.25, -0.2) is 0 Å². The second-order valence-electron chi connectivity index (χ2n) is 6.44. The van der Waals surface area contributed by atoms with E-state index in [4.69, 9.17) is 4.74 Å². The van der Waals surface area contributed by atoms with Crippen molar-refractivity contribution in [2.24, 2.45) is 0 Å². The highest BCUT2D eigenvalue weighted by Gasteiger charge is 2.33. The van der Waals surface area contributed by atoms with Crippen LogP contribution in [-0.4, -0.2) is 29.9 Å². The number of rotatable bonds is 7. The van der Waals surface area contributed by atoms with Crippen LogP contribution in [-0.2, 0) is 19.1 Å². The van der Waals surface area contributed by atoms with E-state index in [1.165, 1.54) is 18.3 Å². The Labute approximate surface area is 156 Å². The summed E-state index contributed by atoms with van der Waals surface area (Å²) in [6.07, 6.45) is 4.02. The van der Waals surface area contributed by atoms with E-state index in [2.05, 4.69) is 16.7 Å². The van der Waals surface area contributed by atoms with E-state index in [0.717, 1.165) is 24.1 Å². The fourth-order valence-corrected chi connectivity index (χ4v) is 3.83. The lowest BCUT2D eigenvalue weighted by molar-refractivity contribution is -0.149. The van der Waals surface area contributed by atoms with Gasteiger partial charge in [0, 0.05) is 11.8 Å². The SMILES string of the molecule is CC(=O)NC(CC(=O)OCC(=O)NC1(C#N)CCCCC1)c1cccs1. The van der Waals surface area contributed by atoms with Crippen LogP contribution >= 0.6 is 11.3 Å². The van der Waals surface area contributed by atoms with E-state index in [-0.39, 0.29) is 12.3 Å². The molecule has 1 fully saturated rings. The highest BCUT2D eigenvalue weighted by atomic mass is 32.1.